The highest BCUT2D eigenvalue weighted by molar-refractivity contribution is 5.91. The minimum Gasteiger partial charge on any atom is -0.409 e. The zero-order valence-corrected chi connectivity index (χ0v) is 11.9. The number of fused-ring (bicyclic) bond motifs is 1. The van der Waals surface area contributed by atoms with Crippen LogP contribution in [0.1, 0.15) is 51.4 Å². The van der Waals surface area contributed by atoms with Crippen molar-refractivity contribution in [3.63, 3.8) is 0 Å². The van der Waals surface area contributed by atoms with Gasteiger partial charge in [0.2, 0.25) is 5.91 Å². The summed E-state index contributed by atoms with van der Waals surface area (Å²) in [6.07, 6.45) is 9.07. The summed E-state index contributed by atoms with van der Waals surface area (Å²) in [5.74, 6) is 2.33. The molecule has 0 bridgehead atoms. The van der Waals surface area contributed by atoms with Gasteiger partial charge in [-0.3, -0.25) is 4.79 Å². The molecule has 0 aromatic carbocycles. The molecule has 0 aromatic rings. The number of rotatable bonds is 4. The zero-order valence-electron chi connectivity index (χ0n) is 11.9. The van der Waals surface area contributed by atoms with Gasteiger partial charge in [0.15, 0.2) is 5.84 Å². The molecule has 0 aliphatic heterocycles. The van der Waals surface area contributed by atoms with E-state index in [1.807, 2.05) is 0 Å². The van der Waals surface area contributed by atoms with E-state index >= 15 is 0 Å². The van der Waals surface area contributed by atoms with Crippen molar-refractivity contribution in [3.8, 4) is 0 Å². The average Bonchev–Trinajstić information content (AvgIpc) is 3.10. The van der Waals surface area contributed by atoms with Crippen LogP contribution in [0.2, 0.25) is 0 Å². The second kappa shape index (κ2) is 5.62. The van der Waals surface area contributed by atoms with Gasteiger partial charge in [0.25, 0.3) is 0 Å². The van der Waals surface area contributed by atoms with Crippen LogP contribution < -0.4 is 11.1 Å². The quantitative estimate of drug-likeness (QED) is 0.317. The number of hydrogen-bond acceptors (Lipinski definition) is 3. The molecule has 3 unspecified atom stereocenters. The molecule has 3 atom stereocenters. The molecule has 0 radical (unpaired) electrons. The lowest BCUT2D eigenvalue weighted by Gasteiger charge is -2.30. The van der Waals surface area contributed by atoms with Crippen LogP contribution in [0.25, 0.3) is 0 Å². The number of nitrogens with zero attached hydrogens (tertiary/aromatic N) is 1. The fraction of sp³-hybridized carbons (Fsp3) is 0.867. The predicted molar refractivity (Wildman–Crippen MR) is 76.2 cm³/mol. The SMILES string of the molecule is NC(=NO)C(NC(=O)C1CC2CC2C1)C1CCCCC1. The molecular formula is C15H25N3O2. The Bertz CT molecular complexity index is 394. The first-order chi connectivity index (χ1) is 9.69. The van der Waals surface area contributed by atoms with Crippen molar-refractivity contribution in [2.24, 2.45) is 34.6 Å². The maximum Gasteiger partial charge on any atom is 0.223 e. The molecule has 4 N–H and O–H groups in total. The number of hydrogen-bond donors (Lipinski definition) is 3. The maximum atomic E-state index is 12.4. The van der Waals surface area contributed by atoms with Crippen molar-refractivity contribution in [2.75, 3.05) is 0 Å². The summed E-state index contributed by atoms with van der Waals surface area (Å²) in [7, 11) is 0. The largest absolute Gasteiger partial charge is 0.409 e. The first-order valence-corrected chi connectivity index (χ1v) is 7.97. The van der Waals surface area contributed by atoms with E-state index in [9.17, 15) is 4.79 Å². The monoisotopic (exact) mass is 279 g/mol. The van der Waals surface area contributed by atoms with E-state index in [-0.39, 0.29) is 23.7 Å². The van der Waals surface area contributed by atoms with E-state index in [4.69, 9.17) is 10.9 Å². The van der Waals surface area contributed by atoms with Gasteiger partial charge in [-0.1, -0.05) is 24.4 Å². The van der Waals surface area contributed by atoms with Gasteiger partial charge in [0.1, 0.15) is 0 Å². The Hall–Kier alpha value is -1.26. The van der Waals surface area contributed by atoms with E-state index in [1.165, 1.54) is 25.7 Å². The van der Waals surface area contributed by atoms with E-state index in [2.05, 4.69) is 10.5 Å². The molecule has 3 fully saturated rings. The molecule has 5 nitrogen and oxygen atoms in total. The van der Waals surface area contributed by atoms with Crippen LogP contribution in [-0.4, -0.2) is 23.0 Å². The Kier molecular flexibility index (Phi) is 3.85. The van der Waals surface area contributed by atoms with E-state index in [1.54, 1.807) is 0 Å². The molecule has 0 spiro atoms. The van der Waals surface area contributed by atoms with Gasteiger partial charge < -0.3 is 16.3 Å². The van der Waals surface area contributed by atoms with Crippen LogP contribution >= 0.6 is 0 Å². The molecule has 3 aliphatic carbocycles. The number of amides is 1. The summed E-state index contributed by atoms with van der Waals surface area (Å²) in [6, 6.07) is -0.287. The molecule has 112 valence electrons. The van der Waals surface area contributed by atoms with Crippen LogP contribution in [-0.2, 0) is 4.79 Å². The van der Waals surface area contributed by atoms with Gasteiger partial charge in [0, 0.05) is 5.92 Å². The Morgan fingerprint density at radius 1 is 1.15 bits per heavy atom. The van der Waals surface area contributed by atoms with Gasteiger partial charge in [-0.25, -0.2) is 0 Å². The molecule has 0 heterocycles. The maximum absolute atomic E-state index is 12.4. The smallest absolute Gasteiger partial charge is 0.223 e. The highest BCUT2D eigenvalue weighted by atomic mass is 16.4. The van der Waals surface area contributed by atoms with Crippen LogP contribution in [0, 0.1) is 23.7 Å². The highest BCUT2D eigenvalue weighted by Gasteiger charge is 2.48. The minimum absolute atomic E-state index is 0.111. The lowest BCUT2D eigenvalue weighted by atomic mass is 9.83. The van der Waals surface area contributed by atoms with Gasteiger partial charge in [0.05, 0.1) is 6.04 Å². The third-order valence-electron chi connectivity index (χ3n) is 5.47. The number of amidine groups is 1. The summed E-state index contributed by atoms with van der Waals surface area (Å²) in [6.45, 7) is 0. The summed E-state index contributed by atoms with van der Waals surface area (Å²) in [5, 5.41) is 15.2. The Balaban J connectivity index is 1.61. The second-order valence-corrected chi connectivity index (χ2v) is 6.83. The first kappa shape index (κ1) is 13.7. The van der Waals surface area contributed by atoms with Crippen molar-refractivity contribution in [3.05, 3.63) is 0 Å². The number of nitrogens with one attached hydrogen (secondary N) is 1. The van der Waals surface area contributed by atoms with Crippen LogP contribution in [0.15, 0.2) is 5.16 Å². The first-order valence-electron chi connectivity index (χ1n) is 7.97. The van der Waals surface area contributed by atoms with Crippen molar-refractivity contribution in [1.29, 1.82) is 0 Å². The predicted octanol–water partition coefficient (Wildman–Crippen LogP) is 1.84. The average molecular weight is 279 g/mol. The fourth-order valence-electron chi connectivity index (χ4n) is 4.16. The molecule has 0 aromatic heterocycles. The normalized spacial score (nSPS) is 35.4. The topological polar surface area (TPSA) is 87.7 Å². The van der Waals surface area contributed by atoms with Crippen LogP contribution in [0.5, 0.6) is 0 Å². The molecule has 1 amide bonds. The van der Waals surface area contributed by atoms with Gasteiger partial charge in [-0.2, -0.15) is 0 Å². The van der Waals surface area contributed by atoms with Gasteiger partial charge in [-0.15, -0.1) is 0 Å². The third-order valence-corrected chi connectivity index (χ3v) is 5.47. The van der Waals surface area contributed by atoms with E-state index in [0.717, 1.165) is 37.5 Å². The lowest BCUT2D eigenvalue weighted by Crippen LogP contribution is -2.51. The lowest BCUT2D eigenvalue weighted by molar-refractivity contribution is -0.125. The zero-order chi connectivity index (χ0) is 14.1. The second-order valence-electron chi connectivity index (χ2n) is 6.83. The minimum atomic E-state index is -0.287. The molecule has 3 rings (SSSR count). The molecule has 20 heavy (non-hydrogen) atoms. The Morgan fingerprint density at radius 3 is 2.40 bits per heavy atom. The molecular weight excluding hydrogens is 254 g/mol. The number of nitrogens with two attached hydrogens (primary N) is 1. The fourth-order valence-corrected chi connectivity index (χ4v) is 4.16. The van der Waals surface area contributed by atoms with Gasteiger partial charge in [-0.05, 0) is 49.9 Å². The standard InChI is InChI=1S/C15H25N3O2/c16-14(18-20)13(9-4-2-1-3-5-9)17-15(19)12-7-10-6-11(10)8-12/h9-13,20H,1-8H2,(H2,16,18)(H,17,19). The number of carbonyl (C=O) groups is 1. The van der Waals surface area contributed by atoms with Crippen LogP contribution in [0.3, 0.4) is 0 Å². The molecule has 3 aliphatic rings. The van der Waals surface area contributed by atoms with Crippen molar-refractivity contribution < 1.29 is 10.0 Å². The van der Waals surface area contributed by atoms with Crippen molar-refractivity contribution in [1.82, 2.24) is 5.32 Å². The highest BCUT2D eigenvalue weighted by Crippen LogP contribution is 2.54. The summed E-state index contributed by atoms with van der Waals surface area (Å²) in [4.78, 5) is 12.4. The summed E-state index contributed by atoms with van der Waals surface area (Å²) < 4.78 is 0. The number of oxime groups is 1. The van der Waals surface area contributed by atoms with Crippen molar-refractivity contribution in [2.45, 2.75) is 57.4 Å². The van der Waals surface area contributed by atoms with E-state index in [0.29, 0.717) is 5.92 Å². The molecule has 5 heteroatoms. The number of carbonyl (C=O) groups excluding carboxylic acids is 1. The van der Waals surface area contributed by atoms with Crippen molar-refractivity contribution >= 4 is 11.7 Å². The van der Waals surface area contributed by atoms with E-state index < -0.39 is 0 Å². The Morgan fingerprint density at radius 2 is 1.80 bits per heavy atom. The van der Waals surface area contributed by atoms with Gasteiger partial charge >= 0.3 is 0 Å². The van der Waals surface area contributed by atoms with Crippen LogP contribution in [0.4, 0.5) is 0 Å². The summed E-state index contributed by atoms with van der Waals surface area (Å²) in [5.41, 5.74) is 5.82. The molecule has 0 saturated heterocycles. The molecule has 3 saturated carbocycles. The third kappa shape index (κ3) is 2.76. The Labute approximate surface area is 120 Å². The summed E-state index contributed by atoms with van der Waals surface area (Å²) >= 11 is 0.